The van der Waals surface area contributed by atoms with E-state index in [0.717, 1.165) is 38.5 Å². The third-order valence-corrected chi connectivity index (χ3v) is 6.77. The Balaban J connectivity index is 1.37. The molecule has 0 spiro atoms. The van der Waals surface area contributed by atoms with Gasteiger partial charge in [0.2, 0.25) is 5.82 Å². The van der Waals surface area contributed by atoms with Gasteiger partial charge in [0.15, 0.2) is 23.8 Å². The van der Waals surface area contributed by atoms with E-state index in [1.54, 1.807) is 4.90 Å². The van der Waals surface area contributed by atoms with Crippen molar-refractivity contribution in [2.45, 2.75) is 75.1 Å². The number of nitrogens with zero attached hydrogens (tertiary/aromatic N) is 5. The molecule has 5 rings (SSSR count). The molecule has 1 saturated heterocycles. The predicted molar refractivity (Wildman–Crippen MR) is 125 cm³/mol. The molecular weight excluding hydrogens is 470 g/mol. The molecule has 0 unspecified atom stereocenters. The number of hydrogen-bond donors (Lipinski definition) is 4. The number of aromatic nitrogens is 4. The maximum Gasteiger partial charge on any atom is 0.410 e. The average Bonchev–Trinajstić information content (AvgIpc) is 3.22. The molecule has 2 aliphatic carbocycles. The number of carbonyl (C=O) groups is 2. The Kier molecular flexibility index (Phi) is 6.65. The molecule has 13 nitrogen and oxygen atoms in total. The number of carbonyl (C=O) groups excluding carboxylic acids is 2. The van der Waals surface area contributed by atoms with Gasteiger partial charge >= 0.3 is 6.09 Å². The van der Waals surface area contributed by atoms with Crippen molar-refractivity contribution >= 4 is 29.0 Å². The van der Waals surface area contributed by atoms with Crippen molar-refractivity contribution in [3.05, 3.63) is 12.2 Å². The van der Waals surface area contributed by atoms with Crippen LogP contribution in [-0.4, -0.2) is 90.7 Å². The molecule has 2 aromatic heterocycles. The molecular formula is C23H29N7O6. The Morgan fingerprint density at radius 2 is 2.00 bits per heavy atom. The Labute approximate surface area is 207 Å². The topological polar surface area (TPSA) is 178 Å². The molecule has 36 heavy (non-hydrogen) atoms. The fourth-order valence-electron chi connectivity index (χ4n) is 4.68. The Hall–Kier alpha value is -3.47. The summed E-state index contributed by atoms with van der Waals surface area (Å²) in [6, 6.07) is 0.162. The van der Waals surface area contributed by atoms with Crippen molar-refractivity contribution < 1.29 is 29.3 Å². The minimum Gasteiger partial charge on any atom is -0.453 e. The maximum absolute atomic E-state index is 12.4. The highest BCUT2D eigenvalue weighted by Crippen LogP contribution is 2.33. The lowest BCUT2D eigenvalue weighted by Gasteiger charge is -2.25. The SMILES string of the molecule is COC(=O)N(CC#Cc1nc(N)c2ncn([C@@H]3O[C@H](C(=O)NC4CC4)[C@@H](O)[C@H]3O)c2n1)C1CCCC1. The molecule has 13 heteroatoms. The minimum absolute atomic E-state index is 0.0692. The summed E-state index contributed by atoms with van der Waals surface area (Å²) in [5.41, 5.74) is 6.56. The van der Waals surface area contributed by atoms with Crippen LogP contribution in [0.3, 0.4) is 0 Å². The fraction of sp³-hybridized carbons (Fsp3) is 0.609. The van der Waals surface area contributed by atoms with Crippen LogP contribution in [0.5, 0.6) is 0 Å². The number of amides is 2. The molecule has 2 saturated carbocycles. The van der Waals surface area contributed by atoms with Gasteiger partial charge in [-0.15, -0.1) is 0 Å². The number of aliphatic hydroxyl groups excluding tert-OH is 2. The van der Waals surface area contributed by atoms with Gasteiger partial charge in [0.1, 0.15) is 17.7 Å². The van der Waals surface area contributed by atoms with Gasteiger partial charge in [-0.25, -0.2) is 19.7 Å². The average molecular weight is 500 g/mol. The Morgan fingerprint density at radius 1 is 1.25 bits per heavy atom. The zero-order valence-corrected chi connectivity index (χ0v) is 19.8. The van der Waals surface area contributed by atoms with E-state index in [0.29, 0.717) is 0 Å². The number of anilines is 1. The number of nitrogens with one attached hydrogen (secondary N) is 1. The highest BCUT2D eigenvalue weighted by Gasteiger charge is 2.48. The second kappa shape index (κ2) is 9.88. The second-order valence-electron chi connectivity index (χ2n) is 9.31. The highest BCUT2D eigenvalue weighted by atomic mass is 16.6. The van der Waals surface area contributed by atoms with Crippen LogP contribution < -0.4 is 11.1 Å². The standard InChI is InChI=1S/C23H29N7O6/c1-35-23(34)29(13-5-2-3-6-13)10-4-7-14-27-19(24)15-20(28-14)30(11-25-15)22-17(32)16(31)18(36-22)21(33)26-12-8-9-12/h11-13,16-18,22,31-32H,2-3,5-6,8-10H2,1H3,(H,26,33)(H2,24,27,28)/t16-,17+,18-,22+/m0/s1. The first-order chi connectivity index (χ1) is 17.4. The molecule has 2 aromatic rings. The zero-order valence-electron chi connectivity index (χ0n) is 19.8. The van der Waals surface area contributed by atoms with Crippen LogP contribution in [0.15, 0.2) is 6.33 Å². The molecule has 0 aromatic carbocycles. The summed E-state index contributed by atoms with van der Waals surface area (Å²) >= 11 is 0. The van der Waals surface area contributed by atoms with E-state index >= 15 is 0 Å². The van der Waals surface area contributed by atoms with Crippen molar-refractivity contribution in [3.8, 4) is 11.8 Å². The monoisotopic (exact) mass is 499 g/mol. The van der Waals surface area contributed by atoms with Crippen molar-refractivity contribution in [2.75, 3.05) is 19.4 Å². The van der Waals surface area contributed by atoms with Gasteiger partial charge in [0, 0.05) is 12.1 Å². The molecule has 192 valence electrons. The number of rotatable bonds is 5. The number of nitrogen functional groups attached to an aromatic ring is 1. The normalized spacial score (nSPS) is 26.0. The second-order valence-corrected chi connectivity index (χ2v) is 9.31. The molecule has 0 bridgehead atoms. The predicted octanol–water partition coefficient (Wildman–Crippen LogP) is -0.331. The van der Waals surface area contributed by atoms with Gasteiger partial charge < -0.3 is 30.7 Å². The lowest BCUT2D eigenvalue weighted by Crippen LogP contribution is -2.43. The third-order valence-electron chi connectivity index (χ3n) is 6.77. The first-order valence-corrected chi connectivity index (χ1v) is 12.0. The van der Waals surface area contributed by atoms with Crippen LogP contribution in [-0.2, 0) is 14.3 Å². The van der Waals surface area contributed by atoms with Crippen molar-refractivity contribution in [2.24, 2.45) is 0 Å². The van der Waals surface area contributed by atoms with Crippen LogP contribution in [0.25, 0.3) is 11.2 Å². The summed E-state index contributed by atoms with van der Waals surface area (Å²) in [4.78, 5) is 39.1. The Morgan fingerprint density at radius 3 is 2.69 bits per heavy atom. The quantitative estimate of drug-likeness (QED) is 0.398. The number of nitrogens with two attached hydrogens (primary N) is 1. The van der Waals surface area contributed by atoms with Crippen LogP contribution in [0, 0.1) is 11.8 Å². The van der Waals surface area contributed by atoms with E-state index in [4.69, 9.17) is 15.2 Å². The third kappa shape index (κ3) is 4.67. The van der Waals surface area contributed by atoms with E-state index in [1.165, 1.54) is 18.0 Å². The van der Waals surface area contributed by atoms with Crippen LogP contribution in [0.2, 0.25) is 0 Å². The lowest BCUT2D eigenvalue weighted by atomic mass is 10.1. The number of aliphatic hydroxyl groups is 2. The van der Waals surface area contributed by atoms with Crippen LogP contribution >= 0.6 is 0 Å². The van der Waals surface area contributed by atoms with Gasteiger partial charge in [-0.1, -0.05) is 18.8 Å². The summed E-state index contributed by atoms with van der Waals surface area (Å²) in [6.07, 6.45) is 1.42. The van der Waals surface area contributed by atoms with Gasteiger partial charge in [-0.3, -0.25) is 14.3 Å². The van der Waals surface area contributed by atoms with E-state index < -0.39 is 36.5 Å². The number of ether oxygens (including phenoxy) is 2. The van der Waals surface area contributed by atoms with Gasteiger partial charge in [0.25, 0.3) is 5.91 Å². The molecule has 2 amide bonds. The van der Waals surface area contributed by atoms with Crippen molar-refractivity contribution in [3.63, 3.8) is 0 Å². The minimum atomic E-state index is -1.43. The maximum atomic E-state index is 12.4. The summed E-state index contributed by atoms with van der Waals surface area (Å²) in [7, 11) is 1.34. The van der Waals surface area contributed by atoms with Crippen molar-refractivity contribution in [1.82, 2.24) is 29.7 Å². The van der Waals surface area contributed by atoms with Gasteiger partial charge in [-0.2, -0.15) is 0 Å². The van der Waals surface area contributed by atoms with Crippen LogP contribution in [0.4, 0.5) is 10.6 Å². The largest absolute Gasteiger partial charge is 0.453 e. The summed E-state index contributed by atoms with van der Waals surface area (Å²) in [6.45, 7) is 0.145. The van der Waals surface area contributed by atoms with Gasteiger partial charge in [0.05, 0.1) is 20.0 Å². The number of hydrogen-bond acceptors (Lipinski definition) is 10. The van der Waals surface area contributed by atoms with Crippen LogP contribution in [0.1, 0.15) is 50.6 Å². The molecule has 0 radical (unpaired) electrons. The summed E-state index contributed by atoms with van der Waals surface area (Å²) in [5, 5.41) is 23.8. The molecule has 3 fully saturated rings. The molecule has 5 N–H and O–H groups in total. The summed E-state index contributed by atoms with van der Waals surface area (Å²) < 4.78 is 12.0. The molecule has 1 aliphatic heterocycles. The first-order valence-electron chi connectivity index (χ1n) is 12.0. The number of fused-ring (bicyclic) bond motifs is 1. The smallest absolute Gasteiger partial charge is 0.410 e. The van der Waals surface area contributed by atoms with E-state index in [2.05, 4.69) is 32.1 Å². The van der Waals surface area contributed by atoms with Crippen molar-refractivity contribution in [1.29, 1.82) is 0 Å². The van der Waals surface area contributed by atoms with E-state index in [9.17, 15) is 19.8 Å². The van der Waals surface area contributed by atoms with Gasteiger partial charge in [-0.05, 0) is 31.6 Å². The molecule has 4 atom stereocenters. The van der Waals surface area contributed by atoms with E-state index in [1.807, 2.05) is 0 Å². The number of imidazole rings is 1. The highest BCUT2D eigenvalue weighted by molar-refractivity contribution is 5.83. The molecule has 3 aliphatic rings. The lowest BCUT2D eigenvalue weighted by molar-refractivity contribution is -0.137. The zero-order chi connectivity index (χ0) is 25.4. The van der Waals surface area contributed by atoms with E-state index in [-0.39, 0.29) is 41.4 Å². The number of methoxy groups -OCH3 is 1. The Bertz CT molecular complexity index is 1210. The fourth-order valence-corrected chi connectivity index (χ4v) is 4.68. The summed E-state index contributed by atoms with van der Waals surface area (Å²) in [5.74, 6) is 5.44. The first kappa shape index (κ1) is 24.2. The molecule has 3 heterocycles.